The van der Waals surface area contributed by atoms with Gasteiger partial charge in [0.25, 0.3) is 0 Å². The number of carbonyl (C=O) groups is 3. The Morgan fingerprint density at radius 2 is 1.94 bits per heavy atom. The predicted octanol–water partition coefficient (Wildman–Crippen LogP) is 3.98. The fourth-order valence-corrected chi connectivity index (χ4v) is 7.44. The molecule has 0 aromatic heterocycles. The third kappa shape index (κ3) is 3.37. The summed E-state index contributed by atoms with van der Waals surface area (Å²) in [7, 11) is 0. The summed E-state index contributed by atoms with van der Waals surface area (Å²) < 4.78 is 5.45. The number of carbonyl (C=O) groups excluding carboxylic acids is 3. The molecule has 0 unspecified atom stereocenters. The lowest BCUT2D eigenvalue weighted by atomic mass is 9.45. The van der Waals surface area contributed by atoms with E-state index in [9.17, 15) is 19.5 Å². The highest BCUT2D eigenvalue weighted by molar-refractivity contribution is 5.92. The quantitative estimate of drug-likeness (QED) is 0.280. The van der Waals surface area contributed by atoms with Gasteiger partial charge in [-0.2, -0.15) is 0 Å². The van der Waals surface area contributed by atoms with Gasteiger partial charge in [0.15, 0.2) is 5.78 Å². The van der Waals surface area contributed by atoms with Crippen molar-refractivity contribution in [2.24, 2.45) is 22.7 Å². The maximum atomic E-state index is 12.8. The minimum Gasteiger partial charge on any atom is -0.461 e. The summed E-state index contributed by atoms with van der Waals surface area (Å²) in [5.74, 6) is 0.0779. The number of ether oxygens (including phenoxy) is 1. The number of allylic oxidation sites excluding steroid dienone is 1. The van der Waals surface area contributed by atoms with Crippen LogP contribution in [0.25, 0.3) is 0 Å². The van der Waals surface area contributed by atoms with E-state index in [0.717, 1.165) is 56.1 Å². The molecule has 3 fully saturated rings. The van der Waals surface area contributed by atoms with E-state index in [2.05, 4.69) is 19.2 Å². The van der Waals surface area contributed by atoms with Gasteiger partial charge in [0.2, 0.25) is 6.41 Å². The Morgan fingerprint density at radius 3 is 2.66 bits per heavy atom. The second-order valence-corrected chi connectivity index (χ2v) is 10.7. The highest BCUT2D eigenvalue weighted by Gasteiger charge is 2.65. The molecular formula is C26H37NO5. The summed E-state index contributed by atoms with van der Waals surface area (Å²) >= 11 is 0. The fraction of sp³-hybridized carbons (Fsp3) is 0.731. The van der Waals surface area contributed by atoms with Crippen LogP contribution in [-0.4, -0.2) is 35.5 Å². The van der Waals surface area contributed by atoms with Gasteiger partial charge >= 0.3 is 5.97 Å². The zero-order chi connectivity index (χ0) is 23.1. The van der Waals surface area contributed by atoms with Gasteiger partial charge in [-0.25, -0.2) is 4.79 Å². The van der Waals surface area contributed by atoms with Crippen LogP contribution < -0.4 is 5.32 Å². The van der Waals surface area contributed by atoms with Gasteiger partial charge in [0, 0.05) is 11.8 Å². The average Bonchev–Trinajstić information content (AvgIpc) is 3.10. The number of rotatable bonds is 6. The predicted molar refractivity (Wildman–Crippen MR) is 120 cm³/mol. The molecule has 0 bridgehead atoms. The Morgan fingerprint density at radius 1 is 1.19 bits per heavy atom. The highest BCUT2D eigenvalue weighted by Crippen LogP contribution is 2.68. The Kier molecular flexibility index (Phi) is 6.12. The van der Waals surface area contributed by atoms with E-state index in [-0.39, 0.29) is 28.4 Å². The molecule has 176 valence electrons. The number of amides is 1. The van der Waals surface area contributed by atoms with E-state index in [1.807, 2.05) is 6.92 Å². The molecule has 6 heteroatoms. The second kappa shape index (κ2) is 8.44. The van der Waals surface area contributed by atoms with E-state index in [4.69, 9.17) is 4.74 Å². The first kappa shape index (κ1) is 23.2. The molecule has 32 heavy (non-hydrogen) atoms. The van der Waals surface area contributed by atoms with Crippen LogP contribution in [0.3, 0.4) is 0 Å². The lowest BCUT2D eigenvalue weighted by molar-refractivity contribution is -0.183. The van der Waals surface area contributed by atoms with Gasteiger partial charge < -0.3 is 15.2 Å². The van der Waals surface area contributed by atoms with Crippen molar-refractivity contribution in [3.8, 4) is 0 Å². The molecule has 0 aromatic carbocycles. The summed E-state index contributed by atoms with van der Waals surface area (Å²) in [6.45, 7) is 6.73. The lowest BCUT2D eigenvalue weighted by Gasteiger charge is -2.62. The maximum absolute atomic E-state index is 12.8. The molecule has 1 amide bonds. The van der Waals surface area contributed by atoms with Crippen molar-refractivity contribution in [2.45, 2.75) is 90.6 Å². The number of hydrogen-bond acceptors (Lipinski definition) is 5. The minimum atomic E-state index is -0.836. The molecule has 2 N–H and O–H groups in total. The zero-order valence-corrected chi connectivity index (χ0v) is 19.7. The third-order valence-electron chi connectivity index (χ3n) is 9.37. The summed E-state index contributed by atoms with van der Waals surface area (Å²) in [5, 5.41) is 14.8. The van der Waals surface area contributed by atoms with Crippen molar-refractivity contribution in [3.63, 3.8) is 0 Å². The van der Waals surface area contributed by atoms with Gasteiger partial charge in [-0.05, 0) is 80.3 Å². The minimum absolute atomic E-state index is 0.114. The number of esters is 1. The summed E-state index contributed by atoms with van der Waals surface area (Å²) in [5.41, 5.74) is 0.944. The van der Waals surface area contributed by atoms with Gasteiger partial charge in [-0.1, -0.05) is 32.8 Å². The zero-order valence-electron chi connectivity index (χ0n) is 19.7. The SMILES string of the molecule is CCCCOC(=O)/C(NC=O)=C1\CC[C@H]2[C@@H]3CCC4=CC(=O)CC[C@]4(C)[C@@]3(O)CC[C@]12C. The van der Waals surface area contributed by atoms with Crippen molar-refractivity contribution in [3.05, 3.63) is 22.9 Å². The van der Waals surface area contributed by atoms with Crippen LogP contribution in [0, 0.1) is 22.7 Å². The van der Waals surface area contributed by atoms with Gasteiger partial charge in [-0.3, -0.25) is 9.59 Å². The van der Waals surface area contributed by atoms with Gasteiger partial charge in [0.05, 0.1) is 12.2 Å². The largest absolute Gasteiger partial charge is 0.461 e. The molecule has 4 rings (SSSR count). The second-order valence-electron chi connectivity index (χ2n) is 10.7. The molecule has 0 radical (unpaired) electrons. The van der Waals surface area contributed by atoms with E-state index < -0.39 is 11.6 Å². The summed E-state index contributed by atoms with van der Waals surface area (Å²) in [6, 6.07) is 0. The molecule has 5 atom stereocenters. The topological polar surface area (TPSA) is 92.7 Å². The normalized spacial score (nSPS) is 39.9. The van der Waals surface area contributed by atoms with Crippen molar-refractivity contribution in [1.29, 1.82) is 0 Å². The number of aliphatic hydroxyl groups is 1. The number of hydrogen-bond donors (Lipinski definition) is 2. The summed E-state index contributed by atoms with van der Waals surface area (Å²) in [6.07, 6.45) is 10.00. The smallest absolute Gasteiger partial charge is 0.354 e. The highest BCUT2D eigenvalue weighted by atomic mass is 16.5. The monoisotopic (exact) mass is 443 g/mol. The molecule has 0 saturated heterocycles. The van der Waals surface area contributed by atoms with Crippen molar-refractivity contribution in [2.75, 3.05) is 6.61 Å². The Bertz CT molecular complexity index is 875. The average molecular weight is 444 g/mol. The van der Waals surface area contributed by atoms with Crippen molar-refractivity contribution in [1.82, 2.24) is 5.32 Å². The van der Waals surface area contributed by atoms with Crippen LogP contribution in [0.5, 0.6) is 0 Å². The third-order valence-corrected chi connectivity index (χ3v) is 9.37. The molecule has 0 spiro atoms. The number of unbranched alkanes of at least 4 members (excludes halogenated alkanes) is 1. The van der Waals surface area contributed by atoms with Crippen molar-refractivity contribution < 1.29 is 24.2 Å². The number of nitrogens with one attached hydrogen (secondary N) is 1. The van der Waals surface area contributed by atoms with E-state index >= 15 is 0 Å². The molecular weight excluding hydrogens is 406 g/mol. The van der Waals surface area contributed by atoms with Crippen LogP contribution in [0.2, 0.25) is 0 Å². The van der Waals surface area contributed by atoms with E-state index in [1.54, 1.807) is 6.08 Å². The van der Waals surface area contributed by atoms with Crippen LogP contribution in [0.15, 0.2) is 22.9 Å². The molecule has 4 aliphatic rings. The Balaban J connectivity index is 1.67. The molecule has 0 heterocycles. The fourth-order valence-electron chi connectivity index (χ4n) is 7.44. The van der Waals surface area contributed by atoms with E-state index in [0.29, 0.717) is 38.0 Å². The van der Waals surface area contributed by atoms with Gasteiger partial charge in [-0.15, -0.1) is 0 Å². The van der Waals surface area contributed by atoms with Gasteiger partial charge in [0.1, 0.15) is 5.70 Å². The first-order chi connectivity index (χ1) is 15.2. The van der Waals surface area contributed by atoms with Crippen LogP contribution in [-0.2, 0) is 19.1 Å². The molecule has 0 aromatic rings. The van der Waals surface area contributed by atoms with E-state index in [1.165, 1.54) is 0 Å². The summed E-state index contributed by atoms with van der Waals surface area (Å²) in [4.78, 5) is 36.2. The first-order valence-corrected chi connectivity index (χ1v) is 12.3. The first-order valence-electron chi connectivity index (χ1n) is 12.3. The Labute approximate surface area is 190 Å². The number of ketones is 1. The molecule has 3 saturated carbocycles. The lowest BCUT2D eigenvalue weighted by Crippen LogP contribution is -2.62. The number of fused-ring (bicyclic) bond motifs is 5. The van der Waals surface area contributed by atoms with Crippen LogP contribution in [0.1, 0.15) is 85.0 Å². The van der Waals surface area contributed by atoms with Crippen molar-refractivity contribution >= 4 is 18.2 Å². The van der Waals surface area contributed by atoms with Crippen LogP contribution in [0.4, 0.5) is 0 Å². The standard InChI is InChI=1S/C26H37NO5/c1-4-5-14-32-23(30)22(27-16-28)21-9-8-19-20-7-6-17-15-18(29)10-11-25(17,3)26(20,31)13-12-24(19,21)2/h15-16,19-20,31H,4-14H2,1-3H3,(H,27,28)/b22-21-/t19-,20-,24-,25-,26+/m0/s1. The molecule has 0 aliphatic heterocycles. The van der Waals surface area contributed by atoms with Crippen LogP contribution >= 0.6 is 0 Å². The molecule has 4 aliphatic carbocycles. The Hall–Kier alpha value is -1.95. The molecule has 6 nitrogen and oxygen atoms in total. The maximum Gasteiger partial charge on any atom is 0.354 e.